The van der Waals surface area contributed by atoms with Crippen LogP contribution < -0.4 is 9.64 Å². The molecule has 0 radical (unpaired) electrons. The summed E-state index contributed by atoms with van der Waals surface area (Å²) < 4.78 is 34.7. The van der Waals surface area contributed by atoms with Crippen LogP contribution in [0.2, 0.25) is 0 Å². The summed E-state index contributed by atoms with van der Waals surface area (Å²) in [7, 11) is 0. The molecule has 3 aromatic rings. The Hall–Kier alpha value is -3.14. The third kappa shape index (κ3) is 5.49. The molecule has 0 spiro atoms. The van der Waals surface area contributed by atoms with Gasteiger partial charge in [0.2, 0.25) is 5.91 Å². The van der Waals surface area contributed by atoms with Gasteiger partial charge in [-0.05, 0) is 50.2 Å². The quantitative estimate of drug-likeness (QED) is 0.445. The Morgan fingerprint density at radius 2 is 1.76 bits per heavy atom. The molecular formula is C24H27F2N5O2S. The van der Waals surface area contributed by atoms with Gasteiger partial charge in [-0.3, -0.25) is 4.79 Å². The van der Waals surface area contributed by atoms with E-state index in [9.17, 15) is 13.6 Å². The van der Waals surface area contributed by atoms with Crippen LogP contribution in [0.25, 0.3) is 0 Å². The van der Waals surface area contributed by atoms with Crippen LogP contribution in [-0.2, 0) is 11.3 Å². The standard InChI is InChI=1S/C24H27F2N5O2S/c1-3-31-23(17(2)33-21-7-5-4-6-20(21)26)27-28-24(31)34-16-22(32)30-14-12-29(13-15-30)19-10-8-18(25)9-11-19/h4-11,17H,3,12-16H2,1-2H3. The number of hydrogen-bond acceptors (Lipinski definition) is 6. The van der Waals surface area contributed by atoms with Gasteiger partial charge in [0, 0.05) is 38.4 Å². The summed E-state index contributed by atoms with van der Waals surface area (Å²) in [5.74, 6) is 0.324. The van der Waals surface area contributed by atoms with Gasteiger partial charge in [-0.2, -0.15) is 0 Å². The normalized spacial score (nSPS) is 14.8. The van der Waals surface area contributed by atoms with Crippen molar-refractivity contribution in [1.29, 1.82) is 0 Å². The maximum absolute atomic E-state index is 13.9. The minimum atomic E-state index is -0.506. The number of amides is 1. The maximum atomic E-state index is 13.9. The molecule has 0 saturated carbocycles. The molecule has 0 bridgehead atoms. The highest BCUT2D eigenvalue weighted by Crippen LogP contribution is 2.26. The highest BCUT2D eigenvalue weighted by atomic mass is 32.2. The lowest BCUT2D eigenvalue weighted by molar-refractivity contribution is -0.128. The van der Waals surface area contributed by atoms with Crippen molar-refractivity contribution in [2.24, 2.45) is 0 Å². The molecule has 1 aliphatic heterocycles. The molecule has 4 rings (SSSR count). The number of carbonyl (C=O) groups excluding carboxylic acids is 1. The Morgan fingerprint density at radius 3 is 2.44 bits per heavy atom. The minimum absolute atomic E-state index is 0.0339. The van der Waals surface area contributed by atoms with Crippen molar-refractivity contribution in [2.75, 3.05) is 36.8 Å². The van der Waals surface area contributed by atoms with Crippen LogP contribution in [0.5, 0.6) is 5.75 Å². The predicted molar refractivity (Wildman–Crippen MR) is 127 cm³/mol. The molecule has 1 saturated heterocycles. The highest BCUT2D eigenvalue weighted by molar-refractivity contribution is 7.99. The zero-order valence-electron chi connectivity index (χ0n) is 19.2. The molecule has 1 amide bonds. The molecule has 7 nitrogen and oxygen atoms in total. The van der Waals surface area contributed by atoms with Gasteiger partial charge < -0.3 is 19.1 Å². The topological polar surface area (TPSA) is 63.5 Å². The molecule has 1 fully saturated rings. The summed E-state index contributed by atoms with van der Waals surface area (Å²) in [4.78, 5) is 16.8. The fourth-order valence-corrected chi connectivity index (χ4v) is 4.78. The molecule has 10 heteroatoms. The van der Waals surface area contributed by atoms with Gasteiger partial charge >= 0.3 is 0 Å². The molecule has 34 heavy (non-hydrogen) atoms. The summed E-state index contributed by atoms with van der Waals surface area (Å²) >= 11 is 1.33. The first kappa shape index (κ1) is 24.0. The summed E-state index contributed by atoms with van der Waals surface area (Å²) in [6.07, 6.45) is -0.506. The molecule has 2 aromatic carbocycles. The van der Waals surface area contributed by atoms with Crippen molar-refractivity contribution in [3.05, 3.63) is 66.0 Å². The van der Waals surface area contributed by atoms with E-state index in [0.29, 0.717) is 43.7 Å². The number of halogens is 2. The van der Waals surface area contributed by atoms with Crippen LogP contribution in [0.3, 0.4) is 0 Å². The van der Waals surface area contributed by atoms with E-state index in [1.807, 2.05) is 16.4 Å². The number of rotatable bonds is 8. The third-order valence-corrected chi connectivity index (χ3v) is 6.67. The number of anilines is 1. The smallest absolute Gasteiger partial charge is 0.233 e. The van der Waals surface area contributed by atoms with Crippen LogP contribution in [0.15, 0.2) is 53.7 Å². The molecule has 0 N–H and O–H groups in total. The third-order valence-electron chi connectivity index (χ3n) is 5.71. The summed E-state index contributed by atoms with van der Waals surface area (Å²) in [5, 5.41) is 9.10. The Bertz CT molecular complexity index is 1120. The number of hydrogen-bond donors (Lipinski definition) is 0. The second-order valence-corrected chi connectivity index (χ2v) is 8.85. The van der Waals surface area contributed by atoms with Crippen LogP contribution in [-0.4, -0.2) is 57.5 Å². The number of piperazine rings is 1. The van der Waals surface area contributed by atoms with E-state index >= 15 is 0 Å². The SMILES string of the molecule is CCn1c(SCC(=O)N2CCN(c3ccc(F)cc3)CC2)nnc1C(C)Oc1ccccc1F. The van der Waals surface area contributed by atoms with Gasteiger partial charge in [-0.15, -0.1) is 10.2 Å². The van der Waals surface area contributed by atoms with E-state index in [4.69, 9.17) is 4.74 Å². The summed E-state index contributed by atoms with van der Waals surface area (Å²) in [5.41, 5.74) is 0.957. The average Bonchev–Trinajstić information content (AvgIpc) is 3.27. The number of nitrogens with zero attached hydrogens (tertiary/aromatic N) is 5. The van der Waals surface area contributed by atoms with Crippen molar-refractivity contribution in [3.63, 3.8) is 0 Å². The van der Waals surface area contributed by atoms with E-state index < -0.39 is 11.9 Å². The predicted octanol–water partition coefficient (Wildman–Crippen LogP) is 4.16. The van der Waals surface area contributed by atoms with Crippen molar-refractivity contribution < 1.29 is 18.3 Å². The van der Waals surface area contributed by atoms with Crippen molar-refractivity contribution in [1.82, 2.24) is 19.7 Å². The fourth-order valence-electron chi connectivity index (χ4n) is 3.87. The zero-order valence-corrected chi connectivity index (χ0v) is 20.0. The van der Waals surface area contributed by atoms with E-state index in [1.165, 1.54) is 30.0 Å². The molecule has 1 aliphatic rings. The number of aromatic nitrogens is 3. The molecule has 1 aromatic heterocycles. The van der Waals surface area contributed by atoms with Gasteiger partial charge in [-0.25, -0.2) is 8.78 Å². The number of para-hydroxylation sites is 1. The second kappa shape index (κ2) is 10.9. The first-order chi connectivity index (χ1) is 16.5. The van der Waals surface area contributed by atoms with Crippen LogP contribution in [0, 0.1) is 11.6 Å². The molecule has 180 valence electrons. The fraction of sp³-hybridized carbons (Fsp3) is 0.375. The van der Waals surface area contributed by atoms with E-state index in [-0.39, 0.29) is 23.2 Å². The lowest BCUT2D eigenvalue weighted by Crippen LogP contribution is -2.49. The highest BCUT2D eigenvalue weighted by Gasteiger charge is 2.24. The van der Waals surface area contributed by atoms with Gasteiger partial charge in [0.05, 0.1) is 5.75 Å². The van der Waals surface area contributed by atoms with Crippen molar-refractivity contribution in [3.8, 4) is 5.75 Å². The largest absolute Gasteiger partial charge is 0.480 e. The summed E-state index contributed by atoms with van der Waals surface area (Å²) in [6.45, 7) is 6.96. The summed E-state index contributed by atoms with van der Waals surface area (Å²) in [6, 6.07) is 12.6. The number of carbonyl (C=O) groups is 1. The Kier molecular flexibility index (Phi) is 7.66. The number of thioether (sulfide) groups is 1. The first-order valence-electron chi connectivity index (χ1n) is 11.2. The maximum Gasteiger partial charge on any atom is 0.233 e. The van der Waals surface area contributed by atoms with Crippen LogP contribution in [0.4, 0.5) is 14.5 Å². The van der Waals surface area contributed by atoms with Crippen molar-refractivity contribution in [2.45, 2.75) is 31.7 Å². The van der Waals surface area contributed by atoms with Crippen LogP contribution >= 0.6 is 11.8 Å². The molecule has 2 heterocycles. The average molecular weight is 488 g/mol. The lowest BCUT2D eigenvalue weighted by Gasteiger charge is -2.36. The molecule has 0 aliphatic carbocycles. The van der Waals surface area contributed by atoms with Gasteiger partial charge in [0.15, 0.2) is 28.7 Å². The Labute approximate surface area is 201 Å². The van der Waals surface area contributed by atoms with Crippen LogP contribution in [0.1, 0.15) is 25.8 Å². The zero-order chi connectivity index (χ0) is 24.1. The second-order valence-electron chi connectivity index (χ2n) is 7.91. The monoisotopic (exact) mass is 487 g/mol. The van der Waals surface area contributed by atoms with E-state index in [2.05, 4.69) is 15.1 Å². The Morgan fingerprint density at radius 1 is 1.06 bits per heavy atom. The van der Waals surface area contributed by atoms with Gasteiger partial charge in [0.1, 0.15) is 5.82 Å². The van der Waals surface area contributed by atoms with E-state index in [1.54, 1.807) is 37.3 Å². The van der Waals surface area contributed by atoms with Gasteiger partial charge in [0.25, 0.3) is 0 Å². The van der Waals surface area contributed by atoms with E-state index in [0.717, 1.165) is 5.69 Å². The lowest BCUT2D eigenvalue weighted by atomic mass is 10.2. The molecule has 1 atom stereocenters. The number of benzene rings is 2. The minimum Gasteiger partial charge on any atom is -0.480 e. The number of ether oxygens (including phenoxy) is 1. The first-order valence-corrected chi connectivity index (χ1v) is 12.2. The Balaban J connectivity index is 1.32. The molecular weight excluding hydrogens is 460 g/mol. The van der Waals surface area contributed by atoms with Crippen molar-refractivity contribution >= 4 is 23.4 Å². The van der Waals surface area contributed by atoms with Gasteiger partial charge in [-0.1, -0.05) is 23.9 Å². The molecule has 1 unspecified atom stereocenters.